The van der Waals surface area contributed by atoms with E-state index in [1.807, 2.05) is 12.1 Å². The zero-order valence-corrected chi connectivity index (χ0v) is 16.1. The molecular formula is C22H23FN4O2. The van der Waals surface area contributed by atoms with Crippen molar-refractivity contribution in [2.24, 2.45) is 15.7 Å². The highest BCUT2D eigenvalue weighted by Gasteiger charge is 2.16. The van der Waals surface area contributed by atoms with Crippen LogP contribution in [0.25, 0.3) is 0 Å². The summed E-state index contributed by atoms with van der Waals surface area (Å²) in [6, 6.07) is 13.0. The summed E-state index contributed by atoms with van der Waals surface area (Å²) in [6.45, 7) is 5.38. The predicted molar refractivity (Wildman–Crippen MR) is 112 cm³/mol. The van der Waals surface area contributed by atoms with Crippen LogP contribution in [0.1, 0.15) is 24.8 Å². The van der Waals surface area contributed by atoms with Gasteiger partial charge in [0.1, 0.15) is 23.1 Å². The van der Waals surface area contributed by atoms with Crippen LogP contribution in [0.2, 0.25) is 0 Å². The van der Waals surface area contributed by atoms with Crippen LogP contribution in [0.3, 0.4) is 0 Å². The molecule has 0 spiro atoms. The van der Waals surface area contributed by atoms with E-state index in [9.17, 15) is 9.18 Å². The first-order valence-corrected chi connectivity index (χ1v) is 9.38. The van der Waals surface area contributed by atoms with Crippen molar-refractivity contribution in [3.63, 3.8) is 0 Å². The smallest absolute Gasteiger partial charge is 0.221 e. The van der Waals surface area contributed by atoms with E-state index in [0.717, 1.165) is 31.5 Å². The number of aliphatic imine (C=N–C) groups is 2. The molecule has 0 unspecified atom stereocenters. The molecule has 7 heteroatoms. The first-order valence-electron chi connectivity index (χ1n) is 9.38. The fourth-order valence-corrected chi connectivity index (χ4v) is 2.99. The van der Waals surface area contributed by atoms with Gasteiger partial charge in [0.25, 0.3) is 0 Å². The van der Waals surface area contributed by atoms with Crippen molar-refractivity contribution in [3.05, 3.63) is 71.8 Å². The molecule has 2 aromatic rings. The first kappa shape index (κ1) is 20.3. The fraction of sp³-hybridized carbons (Fsp3) is 0.227. The molecule has 0 atom stereocenters. The molecule has 29 heavy (non-hydrogen) atoms. The summed E-state index contributed by atoms with van der Waals surface area (Å²) in [5.74, 6) is 1.54. The van der Waals surface area contributed by atoms with E-state index in [1.54, 1.807) is 30.3 Å². The lowest BCUT2D eigenvalue weighted by Gasteiger charge is -2.18. The highest BCUT2D eigenvalue weighted by atomic mass is 19.1. The number of rotatable bonds is 7. The highest BCUT2D eigenvalue weighted by Crippen LogP contribution is 2.23. The van der Waals surface area contributed by atoms with Crippen molar-refractivity contribution in [3.8, 4) is 11.5 Å². The lowest BCUT2D eigenvalue weighted by Crippen LogP contribution is -2.19. The number of hydrogen-bond donors (Lipinski definition) is 1. The van der Waals surface area contributed by atoms with E-state index in [0.29, 0.717) is 23.2 Å². The summed E-state index contributed by atoms with van der Waals surface area (Å²) in [6.07, 6.45) is 4.00. The molecule has 0 bridgehead atoms. The maximum absolute atomic E-state index is 13.0. The Morgan fingerprint density at radius 1 is 1.10 bits per heavy atom. The maximum Gasteiger partial charge on any atom is 0.221 e. The Hall–Kier alpha value is -3.48. The van der Waals surface area contributed by atoms with Crippen molar-refractivity contribution in [1.29, 1.82) is 0 Å². The minimum atomic E-state index is -0.410. The van der Waals surface area contributed by atoms with Crippen LogP contribution in [0.4, 0.5) is 4.39 Å². The maximum atomic E-state index is 13.0. The Kier molecular flexibility index (Phi) is 6.73. The number of primary amides is 1. The molecule has 0 radical (unpaired) electrons. The van der Waals surface area contributed by atoms with Crippen molar-refractivity contribution in [2.75, 3.05) is 13.1 Å². The van der Waals surface area contributed by atoms with Gasteiger partial charge in [0.2, 0.25) is 5.91 Å². The van der Waals surface area contributed by atoms with E-state index < -0.39 is 5.91 Å². The number of halogens is 1. The molecule has 0 aromatic heterocycles. The zero-order valence-electron chi connectivity index (χ0n) is 16.1. The monoisotopic (exact) mass is 394 g/mol. The molecule has 1 amide bonds. The van der Waals surface area contributed by atoms with Crippen molar-refractivity contribution >= 4 is 18.5 Å². The second-order valence-corrected chi connectivity index (χ2v) is 6.60. The highest BCUT2D eigenvalue weighted by molar-refractivity contribution is 6.02. The van der Waals surface area contributed by atoms with Crippen molar-refractivity contribution in [1.82, 2.24) is 4.90 Å². The molecule has 1 saturated heterocycles. The average Bonchev–Trinajstić information content (AvgIpc) is 3.25. The molecule has 1 aliphatic heterocycles. The number of amides is 1. The van der Waals surface area contributed by atoms with Crippen LogP contribution in [-0.2, 0) is 4.79 Å². The number of hydrogen-bond acceptors (Lipinski definition) is 4. The second kappa shape index (κ2) is 9.64. The molecule has 1 aliphatic rings. The van der Waals surface area contributed by atoms with E-state index in [4.69, 9.17) is 10.5 Å². The van der Waals surface area contributed by atoms with Crippen LogP contribution in [0, 0.1) is 5.82 Å². The summed E-state index contributed by atoms with van der Waals surface area (Å²) in [5, 5.41) is 0. The number of carbonyl (C=O) groups excluding carboxylic acids is 1. The first-order chi connectivity index (χ1) is 14.0. The molecular weight excluding hydrogens is 371 g/mol. The molecule has 3 rings (SSSR count). The fourth-order valence-electron chi connectivity index (χ4n) is 2.99. The van der Waals surface area contributed by atoms with E-state index in [2.05, 4.69) is 21.6 Å². The summed E-state index contributed by atoms with van der Waals surface area (Å²) in [7, 11) is 0. The van der Waals surface area contributed by atoms with Gasteiger partial charge >= 0.3 is 0 Å². The van der Waals surface area contributed by atoms with Crippen LogP contribution in [0.15, 0.2) is 70.4 Å². The summed E-state index contributed by atoms with van der Waals surface area (Å²) < 4.78 is 18.7. The third-order valence-corrected chi connectivity index (χ3v) is 4.45. The van der Waals surface area contributed by atoms with E-state index in [1.165, 1.54) is 12.1 Å². The van der Waals surface area contributed by atoms with Gasteiger partial charge in [0.05, 0.1) is 0 Å². The average molecular weight is 394 g/mol. The SMILES string of the molecule is C=N/C(=N\C(=C/CC(N)=O)N1CCCC1)c1ccc(Oc2ccc(F)cc2)cc1. The zero-order chi connectivity index (χ0) is 20.6. The predicted octanol–water partition coefficient (Wildman–Crippen LogP) is 3.88. The molecule has 1 heterocycles. The van der Waals surface area contributed by atoms with Gasteiger partial charge < -0.3 is 15.4 Å². The minimum Gasteiger partial charge on any atom is -0.457 e. The Morgan fingerprint density at radius 3 is 2.24 bits per heavy atom. The number of carbonyl (C=O) groups is 1. The van der Waals surface area contributed by atoms with Gasteiger partial charge in [0, 0.05) is 25.1 Å². The van der Waals surface area contributed by atoms with Crippen molar-refractivity contribution < 1.29 is 13.9 Å². The van der Waals surface area contributed by atoms with Gasteiger partial charge in [-0.1, -0.05) is 0 Å². The Bertz CT molecular complexity index is 915. The van der Waals surface area contributed by atoms with Gasteiger partial charge in [0.15, 0.2) is 5.84 Å². The van der Waals surface area contributed by atoms with E-state index >= 15 is 0 Å². The Balaban J connectivity index is 1.79. The third-order valence-electron chi connectivity index (χ3n) is 4.45. The normalized spacial score (nSPS) is 14.7. The van der Waals surface area contributed by atoms with Crippen molar-refractivity contribution in [2.45, 2.75) is 19.3 Å². The number of nitrogens with two attached hydrogens (primary N) is 1. The lowest BCUT2D eigenvalue weighted by atomic mass is 10.2. The minimum absolute atomic E-state index is 0.115. The lowest BCUT2D eigenvalue weighted by molar-refractivity contribution is -0.117. The largest absolute Gasteiger partial charge is 0.457 e. The number of nitrogens with zero attached hydrogens (tertiary/aromatic N) is 3. The molecule has 2 aromatic carbocycles. The standard InChI is InChI=1S/C22H23FN4O2/c1-25-22(26-21(13-12-20(24)28)27-14-2-3-15-27)16-4-8-18(9-5-16)29-19-10-6-17(23)7-11-19/h4-11,13H,1-3,12,14-15H2,(H2,24,28)/b21-13+,26-22-. The molecule has 0 aliphatic carbocycles. The number of benzene rings is 2. The van der Waals surface area contributed by atoms with Gasteiger partial charge in [-0.25, -0.2) is 14.4 Å². The van der Waals surface area contributed by atoms with Gasteiger partial charge in [-0.05, 0) is 74.2 Å². The summed E-state index contributed by atoms with van der Waals surface area (Å²) >= 11 is 0. The van der Waals surface area contributed by atoms with Gasteiger partial charge in [-0.3, -0.25) is 4.79 Å². The van der Waals surface area contributed by atoms with E-state index in [-0.39, 0.29) is 12.2 Å². The van der Waals surface area contributed by atoms with Crippen LogP contribution in [0.5, 0.6) is 11.5 Å². The van der Waals surface area contributed by atoms with Gasteiger partial charge in [-0.2, -0.15) is 0 Å². The Morgan fingerprint density at radius 2 is 1.69 bits per heavy atom. The van der Waals surface area contributed by atoms with Crippen LogP contribution in [-0.4, -0.2) is 36.4 Å². The number of likely N-dealkylation sites (tertiary alicyclic amines) is 1. The van der Waals surface area contributed by atoms with Gasteiger partial charge in [-0.15, -0.1) is 0 Å². The topological polar surface area (TPSA) is 80.3 Å². The summed E-state index contributed by atoms with van der Waals surface area (Å²) in [5.41, 5.74) is 6.04. The number of amidine groups is 1. The quantitative estimate of drug-likeness (QED) is 0.572. The second-order valence-electron chi connectivity index (χ2n) is 6.60. The third kappa shape index (κ3) is 5.75. The molecule has 1 fully saturated rings. The molecule has 150 valence electrons. The molecule has 2 N–H and O–H groups in total. The Labute approximate surface area is 169 Å². The number of ether oxygens (including phenoxy) is 1. The summed E-state index contributed by atoms with van der Waals surface area (Å²) in [4.78, 5) is 22.0. The molecule has 6 nitrogen and oxygen atoms in total. The molecule has 0 saturated carbocycles. The van der Waals surface area contributed by atoms with Crippen LogP contribution < -0.4 is 10.5 Å². The van der Waals surface area contributed by atoms with Crippen LogP contribution >= 0.6 is 0 Å².